The Bertz CT molecular complexity index is 817. The van der Waals surface area contributed by atoms with Gasteiger partial charge in [-0.15, -0.1) is 0 Å². The lowest BCUT2D eigenvalue weighted by Crippen LogP contribution is -2.20. The highest BCUT2D eigenvalue weighted by molar-refractivity contribution is 7.89. The van der Waals surface area contributed by atoms with Crippen molar-refractivity contribution in [3.63, 3.8) is 0 Å². The number of hydrogen-bond acceptors (Lipinski definition) is 3. The Morgan fingerprint density at radius 3 is 2.45 bits per heavy atom. The predicted molar refractivity (Wildman–Crippen MR) is 89.0 cm³/mol. The van der Waals surface area contributed by atoms with E-state index < -0.39 is 10.0 Å². The van der Waals surface area contributed by atoms with E-state index in [-0.39, 0.29) is 4.90 Å². The maximum atomic E-state index is 11.4. The van der Waals surface area contributed by atoms with Crippen LogP contribution in [0.5, 0.6) is 0 Å². The number of benzene rings is 2. The van der Waals surface area contributed by atoms with Crippen LogP contribution < -0.4 is 10.0 Å². The Kier molecular flexibility index (Phi) is 4.07. The van der Waals surface area contributed by atoms with Gasteiger partial charge in [0.2, 0.25) is 10.0 Å². The zero-order valence-corrected chi connectivity index (χ0v) is 13.9. The predicted octanol–water partition coefficient (Wildman–Crippen LogP) is 3.20. The highest BCUT2D eigenvalue weighted by Gasteiger charge is 2.22. The van der Waals surface area contributed by atoms with E-state index >= 15 is 0 Å². The summed E-state index contributed by atoms with van der Waals surface area (Å²) in [6, 6.07) is 10.4. The lowest BCUT2D eigenvalue weighted by atomic mass is 10.1. The summed E-state index contributed by atoms with van der Waals surface area (Å²) in [4.78, 5) is 2.28. The molecule has 1 aliphatic heterocycles. The van der Waals surface area contributed by atoms with Crippen LogP contribution in [0, 0.1) is 0 Å². The van der Waals surface area contributed by atoms with Gasteiger partial charge in [0.1, 0.15) is 0 Å². The molecule has 1 heterocycles. The maximum Gasteiger partial charge on any atom is 0.238 e. The standard InChI is InChI=1S/C15H14Cl2N2O2S/c16-13-2-1-3-14(17)12(13)9-19-7-6-10-8-11(22(18,20)21)4-5-15(10)19/h1-5,8H,6-7,9H2,(H2,18,20,21). The number of fused-ring (bicyclic) bond motifs is 1. The minimum atomic E-state index is -3.67. The van der Waals surface area contributed by atoms with Gasteiger partial charge in [-0.3, -0.25) is 0 Å². The molecule has 0 aliphatic carbocycles. The van der Waals surface area contributed by atoms with Crippen LogP contribution >= 0.6 is 23.2 Å². The lowest BCUT2D eigenvalue weighted by Gasteiger charge is -2.21. The molecule has 0 bridgehead atoms. The summed E-state index contributed by atoms with van der Waals surface area (Å²) in [6.45, 7) is 1.37. The molecule has 2 aromatic carbocycles. The molecule has 0 amide bonds. The van der Waals surface area contributed by atoms with Crippen molar-refractivity contribution in [1.82, 2.24) is 0 Å². The molecule has 2 N–H and O–H groups in total. The SMILES string of the molecule is NS(=O)(=O)c1ccc2c(c1)CCN2Cc1c(Cl)cccc1Cl. The molecular formula is C15H14Cl2N2O2S. The van der Waals surface area contributed by atoms with E-state index in [0.717, 1.165) is 29.8 Å². The van der Waals surface area contributed by atoms with Crippen molar-refractivity contribution in [1.29, 1.82) is 0 Å². The Balaban J connectivity index is 1.92. The fraction of sp³-hybridized carbons (Fsp3) is 0.200. The van der Waals surface area contributed by atoms with Crippen LogP contribution in [0.1, 0.15) is 11.1 Å². The normalized spacial score (nSPS) is 14.2. The molecule has 0 saturated carbocycles. The van der Waals surface area contributed by atoms with Crippen LogP contribution in [0.25, 0.3) is 0 Å². The number of nitrogens with two attached hydrogens (primary N) is 1. The van der Waals surface area contributed by atoms with Gasteiger partial charge in [-0.05, 0) is 42.3 Å². The number of nitrogens with zero attached hydrogens (tertiary/aromatic N) is 1. The van der Waals surface area contributed by atoms with E-state index in [1.54, 1.807) is 12.1 Å². The van der Waals surface area contributed by atoms with Gasteiger partial charge in [0.05, 0.1) is 4.90 Å². The molecule has 1 aliphatic rings. The van der Waals surface area contributed by atoms with Crippen LogP contribution in [0.15, 0.2) is 41.3 Å². The Morgan fingerprint density at radius 2 is 1.82 bits per heavy atom. The lowest BCUT2D eigenvalue weighted by molar-refractivity contribution is 0.597. The Hall–Kier alpha value is -1.27. The summed E-state index contributed by atoms with van der Waals surface area (Å²) in [5.41, 5.74) is 2.83. The van der Waals surface area contributed by atoms with Gasteiger partial charge in [0.25, 0.3) is 0 Å². The number of anilines is 1. The first-order chi connectivity index (χ1) is 10.4. The van der Waals surface area contributed by atoms with Crippen molar-refractivity contribution in [2.45, 2.75) is 17.9 Å². The minimum Gasteiger partial charge on any atom is -0.367 e. The van der Waals surface area contributed by atoms with Gasteiger partial charge < -0.3 is 4.90 Å². The largest absolute Gasteiger partial charge is 0.367 e. The first-order valence-electron chi connectivity index (χ1n) is 6.70. The zero-order chi connectivity index (χ0) is 15.9. The van der Waals surface area contributed by atoms with Crippen LogP contribution in [0.3, 0.4) is 0 Å². The molecule has 0 fully saturated rings. The van der Waals surface area contributed by atoms with Crippen molar-refractivity contribution < 1.29 is 8.42 Å². The molecule has 0 unspecified atom stereocenters. The van der Waals surface area contributed by atoms with Crippen LogP contribution in [0.4, 0.5) is 5.69 Å². The van der Waals surface area contributed by atoms with E-state index in [1.807, 2.05) is 18.2 Å². The van der Waals surface area contributed by atoms with E-state index in [9.17, 15) is 8.42 Å². The third-order valence-corrected chi connectivity index (χ3v) is 5.40. The molecule has 0 atom stereocenters. The van der Waals surface area contributed by atoms with E-state index in [2.05, 4.69) is 4.90 Å². The van der Waals surface area contributed by atoms with Crippen LogP contribution in [-0.2, 0) is 23.0 Å². The van der Waals surface area contributed by atoms with Crippen molar-refractivity contribution in [3.05, 3.63) is 57.6 Å². The first-order valence-corrected chi connectivity index (χ1v) is 9.00. The van der Waals surface area contributed by atoms with E-state index in [4.69, 9.17) is 28.3 Å². The monoisotopic (exact) mass is 356 g/mol. The van der Waals surface area contributed by atoms with E-state index in [0.29, 0.717) is 16.6 Å². The maximum absolute atomic E-state index is 11.4. The minimum absolute atomic E-state index is 0.142. The van der Waals surface area contributed by atoms with Crippen molar-refractivity contribution in [2.75, 3.05) is 11.4 Å². The average Bonchev–Trinajstić information content (AvgIpc) is 2.84. The number of halogens is 2. The molecule has 22 heavy (non-hydrogen) atoms. The molecule has 3 rings (SSSR count). The second-order valence-electron chi connectivity index (χ2n) is 5.21. The Morgan fingerprint density at radius 1 is 1.14 bits per heavy atom. The molecule has 0 spiro atoms. The van der Waals surface area contributed by atoms with Gasteiger partial charge in [0, 0.05) is 34.4 Å². The second-order valence-corrected chi connectivity index (χ2v) is 7.58. The van der Waals surface area contributed by atoms with Gasteiger partial charge in [-0.1, -0.05) is 29.3 Å². The summed E-state index contributed by atoms with van der Waals surface area (Å²) < 4.78 is 22.8. The number of hydrogen-bond donors (Lipinski definition) is 1. The number of sulfonamides is 1. The molecule has 0 radical (unpaired) electrons. The molecule has 116 valence electrons. The summed E-state index contributed by atoms with van der Waals surface area (Å²) in [6.07, 6.45) is 0.765. The van der Waals surface area contributed by atoms with Gasteiger partial charge in [-0.2, -0.15) is 0 Å². The summed E-state index contributed by atoms with van der Waals surface area (Å²) in [7, 11) is -3.67. The van der Waals surface area contributed by atoms with Gasteiger partial charge >= 0.3 is 0 Å². The zero-order valence-electron chi connectivity index (χ0n) is 11.6. The summed E-state index contributed by atoms with van der Waals surface area (Å²) in [5, 5.41) is 6.43. The van der Waals surface area contributed by atoms with Crippen LogP contribution in [0.2, 0.25) is 10.0 Å². The molecule has 2 aromatic rings. The topological polar surface area (TPSA) is 63.4 Å². The molecular weight excluding hydrogens is 343 g/mol. The highest BCUT2D eigenvalue weighted by Crippen LogP contribution is 2.34. The van der Waals surface area contributed by atoms with E-state index in [1.165, 1.54) is 6.07 Å². The fourth-order valence-electron chi connectivity index (χ4n) is 2.66. The first kappa shape index (κ1) is 15.6. The smallest absolute Gasteiger partial charge is 0.238 e. The highest BCUT2D eigenvalue weighted by atomic mass is 35.5. The third-order valence-electron chi connectivity index (χ3n) is 3.78. The van der Waals surface area contributed by atoms with Gasteiger partial charge in [0.15, 0.2) is 0 Å². The van der Waals surface area contributed by atoms with Crippen LogP contribution in [-0.4, -0.2) is 15.0 Å². The number of rotatable bonds is 3. The average molecular weight is 357 g/mol. The third kappa shape index (κ3) is 2.94. The summed E-state index contributed by atoms with van der Waals surface area (Å²) in [5.74, 6) is 0. The van der Waals surface area contributed by atoms with Crippen molar-refractivity contribution in [2.24, 2.45) is 5.14 Å². The molecule has 7 heteroatoms. The molecule has 0 aromatic heterocycles. The Labute approximate surface area is 139 Å². The molecule has 0 saturated heterocycles. The number of primary sulfonamides is 1. The summed E-state index contributed by atoms with van der Waals surface area (Å²) >= 11 is 12.4. The molecule has 4 nitrogen and oxygen atoms in total. The van der Waals surface area contributed by atoms with Gasteiger partial charge in [-0.25, -0.2) is 13.6 Å². The fourth-order valence-corrected chi connectivity index (χ4v) is 3.74. The quantitative estimate of drug-likeness (QED) is 0.918. The van der Waals surface area contributed by atoms with Crippen molar-refractivity contribution >= 4 is 38.9 Å². The second kappa shape index (κ2) is 5.74. The van der Waals surface area contributed by atoms with Crippen molar-refractivity contribution in [3.8, 4) is 0 Å².